The molecule has 0 rings (SSSR count). The van der Waals surface area contributed by atoms with Crippen LogP contribution < -0.4 is 0 Å². The fourth-order valence-electron chi connectivity index (χ4n) is 0.745. The van der Waals surface area contributed by atoms with Crippen LogP contribution in [0.2, 0.25) is 0 Å². The average molecular weight is 157 g/mol. The second kappa shape index (κ2) is 4.50. The summed E-state index contributed by atoms with van der Waals surface area (Å²) in [5.41, 5.74) is 0.372. The Bertz CT molecular complexity index is 115. The molecule has 0 heterocycles. The SMILES string of the molecule is CN(CC=O)CCC(C)(C)C. The highest BCUT2D eigenvalue weighted by atomic mass is 16.1. The number of hydrogen-bond donors (Lipinski definition) is 0. The molecule has 0 saturated heterocycles. The summed E-state index contributed by atoms with van der Waals surface area (Å²) in [5, 5.41) is 0. The molecule has 11 heavy (non-hydrogen) atoms. The van der Waals surface area contributed by atoms with Gasteiger partial charge in [-0.15, -0.1) is 0 Å². The first-order chi connectivity index (χ1) is 4.95. The summed E-state index contributed by atoms with van der Waals surface area (Å²) in [7, 11) is 1.97. The van der Waals surface area contributed by atoms with Gasteiger partial charge in [0, 0.05) is 0 Å². The molecule has 0 spiro atoms. The summed E-state index contributed by atoms with van der Waals surface area (Å²) < 4.78 is 0. The molecule has 0 aliphatic rings. The van der Waals surface area contributed by atoms with Crippen LogP contribution in [0.4, 0.5) is 0 Å². The van der Waals surface area contributed by atoms with Crippen molar-refractivity contribution in [2.24, 2.45) is 5.41 Å². The van der Waals surface area contributed by atoms with Crippen molar-refractivity contribution in [3.63, 3.8) is 0 Å². The zero-order valence-electron chi connectivity index (χ0n) is 8.05. The lowest BCUT2D eigenvalue weighted by molar-refractivity contribution is -0.108. The number of likely N-dealkylation sites (N-methyl/N-ethyl adjacent to an activating group) is 1. The smallest absolute Gasteiger partial charge is 0.133 e. The highest BCUT2D eigenvalue weighted by Gasteiger charge is 2.10. The molecule has 0 saturated carbocycles. The molecule has 0 aliphatic heterocycles. The third kappa shape index (κ3) is 7.53. The molecule has 0 fully saturated rings. The van der Waals surface area contributed by atoms with Gasteiger partial charge in [-0.25, -0.2) is 0 Å². The Labute approximate surface area is 69.6 Å². The van der Waals surface area contributed by atoms with Crippen molar-refractivity contribution >= 4 is 6.29 Å². The molecule has 0 unspecified atom stereocenters. The maximum absolute atomic E-state index is 10.1. The van der Waals surface area contributed by atoms with Gasteiger partial charge in [-0.3, -0.25) is 4.90 Å². The van der Waals surface area contributed by atoms with E-state index in [9.17, 15) is 4.79 Å². The first-order valence-corrected chi connectivity index (χ1v) is 4.08. The number of carbonyl (C=O) groups is 1. The molecule has 0 amide bonds. The van der Waals surface area contributed by atoms with Crippen molar-refractivity contribution in [3.05, 3.63) is 0 Å². The normalized spacial score (nSPS) is 12.1. The maximum Gasteiger partial charge on any atom is 0.133 e. The van der Waals surface area contributed by atoms with E-state index in [0.29, 0.717) is 12.0 Å². The van der Waals surface area contributed by atoms with Crippen molar-refractivity contribution < 1.29 is 4.79 Å². The lowest BCUT2D eigenvalue weighted by Crippen LogP contribution is -2.25. The molecule has 0 aromatic rings. The van der Waals surface area contributed by atoms with Gasteiger partial charge in [-0.1, -0.05) is 20.8 Å². The van der Waals surface area contributed by atoms with Gasteiger partial charge in [0.15, 0.2) is 0 Å². The summed E-state index contributed by atoms with van der Waals surface area (Å²) >= 11 is 0. The summed E-state index contributed by atoms with van der Waals surface area (Å²) in [6.45, 7) is 8.18. The Balaban J connectivity index is 3.45. The van der Waals surface area contributed by atoms with E-state index < -0.39 is 0 Å². The van der Waals surface area contributed by atoms with Gasteiger partial charge < -0.3 is 4.79 Å². The predicted molar refractivity (Wildman–Crippen MR) is 47.6 cm³/mol. The first-order valence-electron chi connectivity index (χ1n) is 4.08. The minimum atomic E-state index is 0.372. The van der Waals surface area contributed by atoms with Crippen molar-refractivity contribution in [1.29, 1.82) is 0 Å². The zero-order valence-corrected chi connectivity index (χ0v) is 8.05. The van der Waals surface area contributed by atoms with E-state index in [1.807, 2.05) is 11.9 Å². The zero-order chi connectivity index (χ0) is 8.91. The molecular weight excluding hydrogens is 138 g/mol. The van der Waals surface area contributed by atoms with E-state index >= 15 is 0 Å². The molecule has 0 aliphatic carbocycles. The number of hydrogen-bond acceptors (Lipinski definition) is 2. The van der Waals surface area contributed by atoms with Gasteiger partial charge in [-0.05, 0) is 25.4 Å². The Morgan fingerprint density at radius 2 is 1.91 bits per heavy atom. The van der Waals surface area contributed by atoms with E-state index in [4.69, 9.17) is 0 Å². The van der Waals surface area contributed by atoms with Crippen LogP contribution in [-0.2, 0) is 4.79 Å². The van der Waals surface area contributed by atoms with Crippen molar-refractivity contribution in [1.82, 2.24) is 4.90 Å². The highest BCUT2D eigenvalue weighted by Crippen LogP contribution is 2.17. The van der Waals surface area contributed by atoms with E-state index in [-0.39, 0.29) is 0 Å². The first kappa shape index (κ1) is 10.6. The van der Waals surface area contributed by atoms with Gasteiger partial charge in [0.2, 0.25) is 0 Å². The van der Waals surface area contributed by atoms with Crippen LogP contribution in [0.15, 0.2) is 0 Å². The Morgan fingerprint density at radius 3 is 2.27 bits per heavy atom. The molecular formula is C9H19NO. The van der Waals surface area contributed by atoms with Gasteiger partial charge >= 0.3 is 0 Å². The molecule has 2 heteroatoms. The van der Waals surface area contributed by atoms with Gasteiger partial charge in [-0.2, -0.15) is 0 Å². The summed E-state index contributed by atoms with van der Waals surface area (Å²) in [6.07, 6.45) is 2.08. The molecule has 0 atom stereocenters. The van der Waals surface area contributed by atoms with Crippen LogP contribution in [-0.4, -0.2) is 31.3 Å². The van der Waals surface area contributed by atoms with Crippen LogP contribution in [0.25, 0.3) is 0 Å². The van der Waals surface area contributed by atoms with Gasteiger partial charge in [0.25, 0.3) is 0 Å². The average Bonchev–Trinajstić information content (AvgIpc) is 1.83. The lowest BCUT2D eigenvalue weighted by Gasteiger charge is -2.21. The van der Waals surface area contributed by atoms with E-state index in [0.717, 1.165) is 19.3 Å². The quantitative estimate of drug-likeness (QED) is 0.577. The molecule has 0 aromatic heterocycles. The van der Waals surface area contributed by atoms with Crippen LogP contribution in [0, 0.1) is 5.41 Å². The van der Waals surface area contributed by atoms with Crippen molar-refractivity contribution in [3.8, 4) is 0 Å². The fourth-order valence-corrected chi connectivity index (χ4v) is 0.745. The van der Waals surface area contributed by atoms with Crippen molar-refractivity contribution in [2.75, 3.05) is 20.1 Å². The van der Waals surface area contributed by atoms with Crippen molar-refractivity contribution in [2.45, 2.75) is 27.2 Å². The predicted octanol–water partition coefficient (Wildman–Crippen LogP) is 1.55. The van der Waals surface area contributed by atoms with E-state index in [2.05, 4.69) is 20.8 Å². The molecule has 0 radical (unpaired) electrons. The molecule has 0 N–H and O–H groups in total. The molecule has 66 valence electrons. The Kier molecular flexibility index (Phi) is 4.34. The molecule has 0 aromatic carbocycles. The topological polar surface area (TPSA) is 20.3 Å². The lowest BCUT2D eigenvalue weighted by atomic mass is 9.92. The number of rotatable bonds is 4. The van der Waals surface area contributed by atoms with E-state index in [1.165, 1.54) is 0 Å². The van der Waals surface area contributed by atoms with Crippen LogP contribution in [0.3, 0.4) is 0 Å². The maximum atomic E-state index is 10.1. The standard InChI is InChI=1S/C9H19NO/c1-9(2,3)5-6-10(4)7-8-11/h8H,5-7H2,1-4H3. The van der Waals surface area contributed by atoms with Crippen LogP contribution >= 0.6 is 0 Å². The van der Waals surface area contributed by atoms with Crippen LogP contribution in [0.1, 0.15) is 27.2 Å². The number of nitrogens with zero attached hydrogens (tertiary/aromatic N) is 1. The number of carbonyl (C=O) groups excluding carboxylic acids is 1. The summed E-state index contributed by atoms with van der Waals surface area (Å²) in [4.78, 5) is 12.1. The third-order valence-electron chi connectivity index (χ3n) is 1.63. The summed E-state index contributed by atoms with van der Waals surface area (Å²) in [5.74, 6) is 0. The Hall–Kier alpha value is -0.370. The highest BCUT2D eigenvalue weighted by molar-refractivity contribution is 5.51. The molecule has 0 bridgehead atoms. The monoisotopic (exact) mass is 157 g/mol. The van der Waals surface area contributed by atoms with Gasteiger partial charge in [0.05, 0.1) is 6.54 Å². The minimum absolute atomic E-state index is 0.372. The number of aldehydes is 1. The van der Waals surface area contributed by atoms with Gasteiger partial charge in [0.1, 0.15) is 6.29 Å². The summed E-state index contributed by atoms with van der Waals surface area (Å²) in [6, 6.07) is 0. The second-order valence-electron chi connectivity index (χ2n) is 4.24. The Morgan fingerprint density at radius 1 is 1.36 bits per heavy atom. The second-order valence-corrected chi connectivity index (χ2v) is 4.24. The fraction of sp³-hybridized carbons (Fsp3) is 0.889. The largest absolute Gasteiger partial charge is 0.302 e. The van der Waals surface area contributed by atoms with E-state index in [1.54, 1.807) is 0 Å². The third-order valence-corrected chi connectivity index (χ3v) is 1.63. The minimum Gasteiger partial charge on any atom is -0.302 e. The molecule has 2 nitrogen and oxygen atoms in total. The van der Waals surface area contributed by atoms with Crippen LogP contribution in [0.5, 0.6) is 0 Å².